The maximum Gasteiger partial charge on any atom is 0.244 e. The van der Waals surface area contributed by atoms with Gasteiger partial charge < -0.3 is 10.2 Å². The Balaban J connectivity index is 2.11. The number of ketones is 1. The molecule has 0 bridgehead atoms. The largest absolute Gasteiger partial charge is 0.325 e. The molecule has 0 saturated heterocycles. The summed E-state index contributed by atoms with van der Waals surface area (Å²) in [6.07, 6.45) is 0. The van der Waals surface area contributed by atoms with E-state index in [0.717, 1.165) is 5.56 Å². The van der Waals surface area contributed by atoms with E-state index in [1.807, 2.05) is 6.92 Å². The van der Waals surface area contributed by atoms with Crippen molar-refractivity contribution in [2.45, 2.75) is 20.8 Å². The van der Waals surface area contributed by atoms with Crippen LogP contribution in [-0.4, -0.2) is 24.1 Å². The number of carbonyl (C=O) groups is 3. The van der Waals surface area contributed by atoms with Crippen LogP contribution < -0.4 is 10.2 Å². The number of rotatable bonds is 5. The van der Waals surface area contributed by atoms with Crippen molar-refractivity contribution in [3.8, 4) is 0 Å². The van der Waals surface area contributed by atoms with Crippen LogP contribution in [0.15, 0.2) is 42.5 Å². The van der Waals surface area contributed by atoms with Crippen LogP contribution in [0.25, 0.3) is 0 Å². The van der Waals surface area contributed by atoms with Crippen molar-refractivity contribution in [2.75, 3.05) is 16.8 Å². The molecule has 0 saturated carbocycles. The fourth-order valence-corrected chi connectivity index (χ4v) is 2.44. The van der Waals surface area contributed by atoms with Gasteiger partial charge in [-0.05, 0) is 55.8 Å². The van der Waals surface area contributed by atoms with Crippen LogP contribution in [0, 0.1) is 6.92 Å². The Hall–Kier alpha value is -2.66. The van der Waals surface area contributed by atoms with Gasteiger partial charge in [0.25, 0.3) is 0 Å². The summed E-state index contributed by atoms with van der Waals surface area (Å²) in [6.45, 7) is 4.60. The van der Waals surface area contributed by atoms with Gasteiger partial charge in [-0.3, -0.25) is 14.4 Å². The predicted molar refractivity (Wildman–Crippen MR) is 99.3 cm³/mol. The van der Waals surface area contributed by atoms with Gasteiger partial charge in [-0.1, -0.05) is 17.7 Å². The number of halogens is 1. The lowest BCUT2D eigenvalue weighted by Gasteiger charge is -2.21. The van der Waals surface area contributed by atoms with Crippen molar-refractivity contribution in [3.05, 3.63) is 58.6 Å². The zero-order chi connectivity index (χ0) is 18.6. The van der Waals surface area contributed by atoms with Gasteiger partial charge in [-0.2, -0.15) is 0 Å². The van der Waals surface area contributed by atoms with Gasteiger partial charge in [0.05, 0.1) is 0 Å². The van der Waals surface area contributed by atoms with Crippen LogP contribution >= 0.6 is 11.6 Å². The molecule has 2 aromatic rings. The fourth-order valence-electron chi connectivity index (χ4n) is 2.27. The van der Waals surface area contributed by atoms with E-state index >= 15 is 0 Å². The molecule has 0 unspecified atom stereocenters. The summed E-state index contributed by atoms with van der Waals surface area (Å²) in [4.78, 5) is 36.8. The minimum Gasteiger partial charge on any atom is -0.325 e. The van der Waals surface area contributed by atoms with E-state index in [4.69, 9.17) is 11.6 Å². The molecule has 6 heteroatoms. The number of hydrogen-bond acceptors (Lipinski definition) is 3. The van der Waals surface area contributed by atoms with Crippen molar-refractivity contribution < 1.29 is 14.4 Å². The number of Topliss-reactive ketones (excluding diaryl/α,β-unsaturated/α-hetero) is 1. The summed E-state index contributed by atoms with van der Waals surface area (Å²) in [5.41, 5.74) is 2.58. The average molecular weight is 359 g/mol. The number of amides is 2. The number of nitrogens with one attached hydrogen (secondary N) is 1. The summed E-state index contributed by atoms with van der Waals surface area (Å²) in [6, 6.07) is 11.8. The van der Waals surface area contributed by atoms with Gasteiger partial charge in [-0.25, -0.2) is 0 Å². The fraction of sp³-hybridized carbons (Fsp3) is 0.211. The monoisotopic (exact) mass is 358 g/mol. The molecule has 0 spiro atoms. The molecule has 0 atom stereocenters. The first kappa shape index (κ1) is 18.7. The molecule has 0 fully saturated rings. The van der Waals surface area contributed by atoms with Gasteiger partial charge in [0.15, 0.2) is 5.78 Å². The average Bonchev–Trinajstić information content (AvgIpc) is 2.55. The van der Waals surface area contributed by atoms with E-state index in [2.05, 4.69) is 5.32 Å². The third-order valence-corrected chi connectivity index (χ3v) is 4.13. The second-order valence-corrected chi connectivity index (χ2v) is 6.13. The summed E-state index contributed by atoms with van der Waals surface area (Å²) in [7, 11) is 0. The van der Waals surface area contributed by atoms with Crippen LogP contribution in [0.5, 0.6) is 0 Å². The lowest BCUT2D eigenvalue weighted by Crippen LogP contribution is -2.36. The van der Waals surface area contributed by atoms with Gasteiger partial charge in [0.2, 0.25) is 11.8 Å². The first-order chi connectivity index (χ1) is 11.8. The first-order valence-corrected chi connectivity index (χ1v) is 8.11. The number of anilines is 2. The Morgan fingerprint density at radius 3 is 2.20 bits per heavy atom. The minimum atomic E-state index is -0.345. The molecule has 0 radical (unpaired) electrons. The highest BCUT2D eigenvalue weighted by atomic mass is 35.5. The van der Waals surface area contributed by atoms with Crippen LogP contribution in [0.4, 0.5) is 11.4 Å². The van der Waals surface area contributed by atoms with Crippen LogP contribution in [-0.2, 0) is 9.59 Å². The van der Waals surface area contributed by atoms with Gasteiger partial charge >= 0.3 is 0 Å². The van der Waals surface area contributed by atoms with Crippen molar-refractivity contribution in [1.29, 1.82) is 0 Å². The maximum absolute atomic E-state index is 12.3. The zero-order valence-corrected chi connectivity index (χ0v) is 15.1. The molecular weight excluding hydrogens is 340 g/mol. The third-order valence-electron chi connectivity index (χ3n) is 3.72. The highest BCUT2D eigenvalue weighted by Gasteiger charge is 2.16. The molecule has 0 aliphatic carbocycles. The van der Waals surface area contributed by atoms with Gasteiger partial charge in [-0.15, -0.1) is 0 Å². The molecule has 2 aromatic carbocycles. The van der Waals surface area contributed by atoms with Crippen LogP contribution in [0.3, 0.4) is 0 Å². The maximum atomic E-state index is 12.3. The van der Waals surface area contributed by atoms with Crippen LogP contribution in [0.1, 0.15) is 29.8 Å². The van der Waals surface area contributed by atoms with E-state index in [0.29, 0.717) is 22.0 Å². The standard InChI is InChI=1S/C19H19ClN2O3/c1-12-4-9-17(10-18(12)20)22(14(3)24)11-19(25)21-16-7-5-15(6-8-16)13(2)23/h4-10H,11H2,1-3H3,(H,21,25). The molecule has 2 amide bonds. The molecule has 5 nitrogen and oxygen atoms in total. The molecule has 2 rings (SSSR count). The number of hydrogen-bond donors (Lipinski definition) is 1. The summed E-state index contributed by atoms with van der Waals surface area (Å²) < 4.78 is 0. The van der Waals surface area contributed by atoms with Crippen molar-refractivity contribution in [3.63, 3.8) is 0 Å². The van der Waals surface area contributed by atoms with Gasteiger partial charge in [0, 0.05) is 28.9 Å². The molecule has 0 aliphatic rings. The second kappa shape index (κ2) is 7.94. The van der Waals surface area contributed by atoms with Crippen molar-refractivity contribution in [2.24, 2.45) is 0 Å². The topological polar surface area (TPSA) is 66.5 Å². The highest BCUT2D eigenvalue weighted by Crippen LogP contribution is 2.23. The smallest absolute Gasteiger partial charge is 0.244 e. The van der Waals surface area contributed by atoms with E-state index in [-0.39, 0.29) is 24.1 Å². The van der Waals surface area contributed by atoms with E-state index in [1.54, 1.807) is 42.5 Å². The summed E-state index contributed by atoms with van der Waals surface area (Å²) >= 11 is 6.10. The summed E-state index contributed by atoms with van der Waals surface area (Å²) in [5.74, 6) is -0.652. The number of nitrogens with zero attached hydrogens (tertiary/aromatic N) is 1. The highest BCUT2D eigenvalue weighted by molar-refractivity contribution is 6.31. The molecule has 130 valence electrons. The Bertz CT molecular complexity index is 816. The van der Waals surface area contributed by atoms with E-state index in [1.165, 1.54) is 18.7 Å². The van der Waals surface area contributed by atoms with E-state index < -0.39 is 0 Å². The van der Waals surface area contributed by atoms with Crippen molar-refractivity contribution >= 4 is 40.6 Å². The van der Waals surface area contributed by atoms with E-state index in [9.17, 15) is 14.4 Å². The SMILES string of the molecule is CC(=O)c1ccc(NC(=O)CN(C(C)=O)c2ccc(C)c(Cl)c2)cc1. The molecule has 1 N–H and O–H groups in total. The Kier molecular flexibility index (Phi) is 5.93. The van der Waals surface area contributed by atoms with Crippen LogP contribution in [0.2, 0.25) is 5.02 Å². The molecule has 25 heavy (non-hydrogen) atoms. The molecular formula is C19H19ClN2O3. The lowest BCUT2D eigenvalue weighted by molar-refractivity contribution is -0.120. The number of aryl methyl sites for hydroxylation is 1. The van der Waals surface area contributed by atoms with Crippen molar-refractivity contribution in [1.82, 2.24) is 0 Å². The Morgan fingerprint density at radius 1 is 1.04 bits per heavy atom. The Labute approximate surface area is 151 Å². The Morgan fingerprint density at radius 2 is 1.68 bits per heavy atom. The predicted octanol–water partition coefficient (Wildman–Crippen LogP) is 3.84. The second-order valence-electron chi connectivity index (χ2n) is 5.72. The normalized spacial score (nSPS) is 10.2. The van der Waals surface area contributed by atoms with Gasteiger partial charge in [0.1, 0.15) is 6.54 Å². The zero-order valence-electron chi connectivity index (χ0n) is 14.3. The molecule has 0 heterocycles. The first-order valence-electron chi connectivity index (χ1n) is 7.73. The molecule has 0 aliphatic heterocycles. The number of carbonyl (C=O) groups excluding carboxylic acids is 3. The lowest BCUT2D eigenvalue weighted by atomic mass is 10.1. The summed E-state index contributed by atoms with van der Waals surface area (Å²) in [5, 5.41) is 3.24. The third kappa shape index (κ3) is 4.90. The molecule has 0 aromatic heterocycles. The quantitative estimate of drug-likeness (QED) is 0.826. The minimum absolute atomic E-state index is 0.0446. The number of benzene rings is 2.